The van der Waals surface area contributed by atoms with E-state index in [1.54, 1.807) is 37.4 Å². The van der Waals surface area contributed by atoms with Gasteiger partial charge in [0.05, 0.1) is 18.4 Å². The van der Waals surface area contributed by atoms with Gasteiger partial charge in [-0.1, -0.05) is 0 Å². The third kappa shape index (κ3) is 7.53. The fourth-order valence-electron chi connectivity index (χ4n) is 4.05. The average molecular weight is 575 g/mol. The quantitative estimate of drug-likeness (QED) is 0.113. The number of rotatable bonds is 13. The summed E-state index contributed by atoms with van der Waals surface area (Å²) in [6, 6.07) is 6.98. The number of nitrogens with one attached hydrogen (secondary N) is 3. The molecule has 0 saturated heterocycles. The van der Waals surface area contributed by atoms with Crippen molar-refractivity contribution in [1.29, 1.82) is 0 Å². The number of aryl methyl sites for hydroxylation is 1. The number of nitrogen functional groups attached to an aromatic ring is 2. The van der Waals surface area contributed by atoms with Gasteiger partial charge in [-0.3, -0.25) is 4.79 Å². The zero-order chi connectivity index (χ0) is 30.2. The van der Waals surface area contributed by atoms with Crippen LogP contribution in [0, 0.1) is 6.92 Å². The molecule has 9 N–H and O–H groups in total. The predicted octanol–water partition coefficient (Wildman–Crippen LogP) is 2.06. The summed E-state index contributed by atoms with van der Waals surface area (Å²) in [4.78, 5) is 56.5. The van der Waals surface area contributed by atoms with Crippen LogP contribution in [-0.4, -0.2) is 65.6 Å². The van der Waals surface area contributed by atoms with Crippen LogP contribution in [0.1, 0.15) is 51.2 Å². The highest BCUT2D eigenvalue weighted by molar-refractivity contribution is 5.97. The number of aliphatic carboxylic acids is 1. The van der Waals surface area contributed by atoms with Crippen LogP contribution in [-0.2, 0) is 11.3 Å². The van der Waals surface area contributed by atoms with Crippen molar-refractivity contribution in [3.8, 4) is 0 Å². The summed E-state index contributed by atoms with van der Waals surface area (Å²) in [7, 11) is 0. The lowest BCUT2D eigenvalue weighted by molar-refractivity contribution is -0.139. The Hall–Kier alpha value is -5.60. The monoisotopic (exact) mass is 574 g/mol. The van der Waals surface area contributed by atoms with E-state index in [1.807, 2.05) is 0 Å². The summed E-state index contributed by atoms with van der Waals surface area (Å²) in [5.41, 5.74) is 14.5. The average Bonchev–Trinajstić information content (AvgIpc) is 2.96. The Balaban J connectivity index is 1.25. The van der Waals surface area contributed by atoms with E-state index in [9.17, 15) is 24.6 Å². The third-order valence-corrected chi connectivity index (χ3v) is 6.19. The van der Waals surface area contributed by atoms with Gasteiger partial charge in [-0.15, -0.1) is 0 Å². The van der Waals surface area contributed by atoms with E-state index >= 15 is 0 Å². The number of carbonyl (C=O) groups is 3. The van der Waals surface area contributed by atoms with Crippen LogP contribution in [0.25, 0.3) is 11.2 Å². The van der Waals surface area contributed by atoms with Crippen LogP contribution in [0.5, 0.6) is 0 Å². The highest BCUT2D eigenvalue weighted by Crippen LogP contribution is 2.17. The van der Waals surface area contributed by atoms with E-state index in [0.29, 0.717) is 54.0 Å². The molecule has 0 aliphatic rings. The lowest BCUT2D eigenvalue weighted by Crippen LogP contribution is -2.40. The second-order valence-electron chi connectivity index (χ2n) is 9.43. The van der Waals surface area contributed by atoms with E-state index in [2.05, 4.69) is 40.9 Å². The molecule has 4 aromatic rings. The Labute approximate surface area is 239 Å². The molecule has 4 rings (SSSR count). The van der Waals surface area contributed by atoms with Crippen LogP contribution in [0.2, 0.25) is 0 Å². The molecule has 1 aromatic carbocycles. The fourth-order valence-corrected chi connectivity index (χ4v) is 4.05. The molecule has 15 heteroatoms. The molecule has 3 aromatic heterocycles. The summed E-state index contributed by atoms with van der Waals surface area (Å²) in [5, 5.41) is 27.6. The number of benzene rings is 1. The molecule has 218 valence electrons. The molecule has 3 heterocycles. The zero-order valence-corrected chi connectivity index (χ0v) is 22.7. The predicted molar refractivity (Wildman–Crippen MR) is 155 cm³/mol. The molecule has 0 fully saturated rings. The fraction of sp³-hybridized carbons (Fsp3) is 0.259. The standard InChI is InChI=1S/C27H30N10O5/c1-14-10-18(25(39)40)22(32-11-14)30-9-3-2-4-19(26(41)42)35-24(38)15-5-7-16(8-6-15)31-12-17-13-33-23-20(34-17)21(28)36-27(29)37-23/h5-8,10-11,13,19,31H,2-4,9,12H2,1H3,(H,30,32)(H,35,38)(H,39,40)(H,41,42)(H4,28,29,33,36,37)/t19-/m0/s1. The van der Waals surface area contributed by atoms with Gasteiger partial charge in [0.2, 0.25) is 5.95 Å². The maximum Gasteiger partial charge on any atom is 0.339 e. The van der Waals surface area contributed by atoms with Crippen molar-refractivity contribution < 1.29 is 24.6 Å². The second kappa shape index (κ2) is 13.2. The van der Waals surface area contributed by atoms with Crippen LogP contribution >= 0.6 is 0 Å². The van der Waals surface area contributed by atoms with Gasteiger partial charge in [-0.2, -0.15) is 9.97 Å². The minimum atomic E-state index is -1.15. The molecular weight excluding hydrogens is 544 g/mol. The molecule has 0 saturated carbocycles. The number of nitrogens with two attached hydrogens (primary N) is 2. The molecule has 15 nitrogen and oxygen atoms in total. The lowest BCUT2D eigenvalue weighted by atomic mass is 10.1. The van der Waals surface area contributed by atoms with Gasteiger partial charge in [0.1, 0.15) is 17.4 Å². The number of aromatic nitrogens is 5. The highest BCUT2D eigenvalue weighted by Gasteiger charge is 2.20. The summed E-state index contributed by atoms with van der Waals surface area (Å²) < 4.78 is 0. The van der Waals surface area contributed by atoms with Crippen LogP contribution in [0.3, 0.4) is 0 Å². The summed E-state index contributed by atoms with van der Waals surface area (Å²) >= 11 is 0. The first-order valence-corrected chi connectivity index (χ1v) is 13.0. The number of carboxylic acids is 2. The summed E-state index contributed by atoms with van der Waals surface area (Å²) in [6.45, 7) is 2.46. The van der Waals surface area contributed by atoms with Gasteiger partial charge in [0.25, 0.3) is 5.91 Å². The molecule has 1 atom stereocenters. The van der Waals surface area contributed by atoms with E-state index in [-0.39, 0.29) is 29.6 Å². The van der Waals surface area contributed by atoms with Gasteiger partial charge in [0.15, 0.2) is 17.0 Å². The number of hydrogen-bond acceptors (Lipinski definition) is 12. The number of carbonyl (C=O) groups excluding carboxylic acids is 1. The van der Waals surface area contributed by atoms with Crippen molar-refractivity contribution in [1.82, 2.24) is 30.2 Å². The third-order valence-electron chi connectivity index (χ3n) is 6.19. The van der Waals surface area contributed by atoms with Gasteiger partial charge >= 0.3 is 11.9 Å². The van der Waals surface area contributed by atoms with Crippen molar-refractivity contribution in [2.75, 3.05) is 28.6 Å². The summed E-state index contributed by atoms with van der Waals surface area (Å²) in [6.07, 6.45) is 4.33. The van der Waals surface area contributed by atoms with Crippen molar-refractivity contribution >= 4 is 52.3 Å². The van der Waals surface area contributed by atoms with Gasteiger partial charge < -0.3 is 37.6 Å². The zero-order valence-electron chi connectivity index (χ0n) is 22.7. The molecule has 0 bridgehead atoms. The van der Waals surface area contributed by atoms with Crippen LogP contribution < -0.4 is 27.4 Å². The Kier molecular flexibility index (Phi) is 9.21. The van der Waals surface area contributed by atoms with Crippen molar-refractivity contribution in [2.45, 2.75) is 38.8 Å². The number of amides is 1. The summed E-state index contributed by atoms with van der Waals surface area (Å²) in [5.74, 6) is -2.35. The van der Waals surface area contributed by atoms with E-state index in [4.69, 9.17) is 11.5 Å². The molecule has 0 aliphatic heterocycles. The first-order chi connectivity index (χ1) is 20.1. The maximum atomic E-state index is 12.7. The second-order valence-corrected chi connectivity index (χ2v) is 9.43. The molecule has 42 heavy (non-hydrogen) atoms. The van der Waals surface area contributed by atoms with Crippen molar-refractivity contribution in [2.24, 2.45) is 0 Å². The number of aromatic carboxylic acids is 1. The minimum absolute atomic E-state index is 0.0144. The van der Waals surface area contributed by atoms with Gasteiger partial charge in [-0.05, 0) is 62.1 Å². The van der Waals surface area contributed by atoms with Crippen molar-refractivity contribution in [3.05, 3.63) is 65.1 Å². The van der Waals surface area contributed by atoms with Crippen LogP contribution in [0.4, 0.5) is 23.3 Å². The SMILES string of the molecule is Cc1cnc(NCCCC[C@H](NC(=O)c2ccc(NCc3cnc4nc(N)nc(N)c4n3)cc2)C(=O)O)c(C(=O)O)c1. The molecule has 0 unspecified atom stereocenters. The Morgan fingerprint density at radius 2 is 1.71 bits per heavy atom. The number of hydrogen-bond donors (Lipinski definition) is 7. The number of anilines is 4. The number of nitrogens with zero attached hydrogens (tertiary/aromatic N) is 5. The van der Waals surface area contributed by atoms with E-state index in [0.717, 1.165) is 5.56 Å². The largest absolute Gasteiger partial charge is 0.480 e. The first-order valence-electron chi connectivity index (χ1n) is 13.0. The van der Waals surface area contributed by atoms with E-state index < -0.39 is 23.9 Å². The number of pyridine rings is 1. The number of unbranched alkanes of at least 4 members (excludes halogenated alkanes) is 1. The molecule has 0 aliphatic carbocycles. The van der Waals surface area contributed by atoms with Crippen LogP contribution in [0.15, 0.2) is 42.7 Å². The molecule has 1 amide bonds. The maximum absolute atomic E-state index is 12.7. The lowest BCUT2D eigenvalue weighted by Gasteiger charge is -2.15. The van der Waals surface area contributed by atoms with E-state index in [1.165, 1.54) is 12.3 Å². The Bertz CT molecular complexity index is 1610. The van der Waals surface area contributed by atoms with Gasteiger partial charge in [0, 0.05) is 24.0 Å². The van der Waals surface area contributed by atoms with Crippen molar-refractivity contribution in [3.63, 3.8) is 0 Å². The first kappa shape index (κ1) is 29.4. The smallest absolute Gasteiger partial charge is 0.339 e. The number of carboxylic acid groups (broad SMARTS) is 2. The topological polar surface area (TPSA) is 244 Å². The number of fused-ring (bicyclic) bond motifs is 1. The molecule has 0 radical (unpaired) electrons. The molecular formula is C27H30N10O5. The van der Waals surface area contributed by atoms with Gasteiger partial charge in [-0.25, -0.2) is 24.5 Å². The highest BCUT2D eigenvalue weighted by atomic mass is 16.4. The normalized spacial score (nSPS) is 11.5. The Morgan fingerprint density at radius 1 is 0.952 bits per heavy atom. The molecule has 0 spiro atoms. The Morgan fingerprint density at radius 3 is 2.43 bits per heavy atom. The minimum Gasteiger partial charge on any atom is -0.480 e.